The first-order valence-electron chi connectivity index (χ1n) is 16.1. The molecule has 1 atom stereocenters. The van der Waals surface area contributed by atoms with Gasteiger partial charge >= 0.3 is 0 Å². The van der Waals surface area contributed by atoms with Gasteiger partial charge in [-0.25, -0.2) is 0 Å². The molecule has 4 nitrogen and oxygen atoms in total. The van der Waals surface area contributed by atoms with Gasteiger partial charge in [0.15, 0.2) is 0 Å². The van der Waals surface area contributed by atoms with Crippen molar-refractivity contribution in [2.24, 2.45) is 0 Å². The highest BCUT2D eigenvalue weighted by molar-refractivity contribution is 6.22. The van der Waals surface area contributed by atoms with E-state index in [1.165, 1.54) is 60.8 Å². The minimum atomic E-state index is 0.0235. The van der Waals surface area contributed by atoms with E-state index in [4.69, 9.17) is 0 Å². The largest absolute Gasteiger partial charge is 0.359 e. The molecule has 0 saturated heterocycles. The van der Waals surface area contributed by atoms with Gasteiger partial charge < -0.3 is 19.7 Å². The molecule has 1 unspecified atom stereocenters. The molecule has 10 rings (SSSR count). The van der Waals surface area contributed by atoms with Crippen molar-refractivity contribution in [1.82, 2.24) is 4.57 Å². The molecule has 4 heteroatoms. The lowest BCUT2D eigenvalue weighted by atomic mass is 9.94. The zero-order valence-electron chi connectivity index (χ0n) is 25.6. The molecule has 0 amide bonds. The third-order valence-corrected chi connectivity index (χ3v) is 9.72. The highest BCUT2D eigenvalue weighted by Crippen LogP contribution is 2.48. The maximum Gasteiger partial charge on any atom is 0.130 e. The first-order chi connectivity index (χ1) is 23.3. The Kier molecular flexibility index (Phi) is 5.60. The number of nitrogens with zero attached hydrogens (tertiary/aromatic N) is 3. The fourth-order valence-electron chi connectivity index (χ4n) is 7.69. The van der Waals surface area contributed by atoms with Crippen molar-refractivity contribution >= 4 is 67.1 Å². The molecule has 0 fully saturated rings. The smallest absolute Gasteiger partial charge is 0.130 e. The third kappa shape index (κ3) is 3.88. The molecule has 222 valence electrons. The number of nitrogens with one attached hydrogen (secondary N) is 1. The van der Waals surface area contributed by atoms with Gasteiger partial charge in [0, 0.05) is 39.4 Å². The van der Waals surface area contributed by atoms with Gasteiger partial charge in [0.1, 0.15) is 6.17 Å². The van der Waals surface area contributed by atoms with Crippen LogP contribution in [0.3, 0.4) is 0 Å². The fourth-order valence-corrected chi connectivity index (χ4v) is 7.69. The molecule has 0 spiro atoms. The van der Waals surface area contributed by atoms with Crippen LogP contribution in [0.25, 0.3) is 44.3 Å². The SMILES string of the molecule is C1=CN(c2ccc(N3c4ccccc4NC3c3ccccc3)cc2)c2cccc3cc4c(c1c23)c1ccccc1n4-c1ccccc1. The molecule has 0 bridgehead atoms. The zero-order valence-corrected chi connectivity index (χ0v) is 25.6. The summed E-state index contributed by atoms with van der Waals surface area (Å²) in [5.74, 6) is 0. The Morgan fingerprint density at radius 2 is 1.21 bits per heavy atom. The normalized spacial score (nSPS) is 15.0. The van der Waals surface area contributed by atoms with Gasteiger partial charge in [-0.15, -0.1) is 0 Å². The number of hydrogen-bond donors (Lipinski definition) is 1. The Balaban J connectivity index is 1.10. The van der Waals surface area contributed by atoms with E-state index >= 15 is 0 Å². The molecule has 2 aliphatic rings. The average Bonchev–Trinajstić information content (AvgIpc) is 3.69. The van der Waals surface area contributed by atoms with E-state index in [2.05, 4.69) is 190 Å². The average molecular weight is 603 g/mol. The lowest BCUT2D eigenvalue weighted by molar-refractivity contribution is 0.828. The molecule has 0 aliphatic carbocycles. The van der Waals surface area contributed by atoms with Crippen LogP contribution in [-0.2, 0) is 0 Å². The summed E-state index contributed by atoms with van der Waals surface area (Å²) in [6.07, 6.45) is 4.56. The summed E-state index contributed by atoms with van der Waals surface area (Å²) in [7, 11) is 0. The number of benzene rings is 7. The van der Waals surface area contributed by atoms with Crippen LogP contribution in [0.15, 0.2) is 164 Å². The van der Waals surface area contributed by atoms with E-state index in [0.717, 1.165) is 17.1 Å². The van der Waals surface area contributed by atoms with Crippen LogP contribution < -0.4 is 15.1 Å². The molecule has 2 aliphatic heterocycles. The quantitative estimate of drug-likeness (QED) is 0.217. The molecule has 3 heterocycles. The van der Waals surface area contributed by atoms with E-state index in [9.17, 15) is 0 Å². The van der Waals surface area contributed by atoms with Crippen molar-refractivity contribution in [2.75, 3.05) is 15.1 Å². The van der Waals surface area contributed by atoms with Crippen molar-refractivity contribution in [3.63, 3.8) is 0 Å². The van der Waals surface area contributed by atoms with Gasteiger partial charge in [-0.3, -0.25) is 0 Å². The number of para-hydroxylation sites is 4. The third-order valence-electron chi connectivity index (χ3n) is 9.72. The molecule has 1 aromatic heterocycles. The Morgan fingerprint density at radius 3 is 2.06 bits per heavy atom. The minimum absolute atomic E-state index is 0.0235. The van der Waals surface area contributed by atoms with Crippen molar-refractivity contribution in [2.45, 2.75) is 6.17 Å². The van der Waals surface area contributed by atoms with Gasteiger partial charge in [-0.05, 0) is 89.3 Å². The summed E-state index contributed by atoms with van der Waals surface area (Å²) in [6, 6.07) is 56.7. The van der Waals surface area contributed by atoms with E-state index < -0.39 is 0 Å². The van der Waals surface area contributed by atoms with Crippen molar-refractivity contribution in [3.05, 3.63) is 175 Å². The van der Waals surface area contributed by atoms with Crippen LogP contribution in [0, 0.1) is 0 Å². The molecule has 47 heavy (non-hydrogen) atoms. The van der Waals surface area contributed by atoms with Gasteiger partial charge in [0.05, 0.1) is 28.1 Å². The second-order valence-corrected chi connectivity index (χ2v) is 12.3. The highest BCUT2D eigenvalue weighted by Gasteiger charge is 2.31. The van der Waals surface area contributed by atoms with Crippen LogP contribution in [-0.4, -0.2) is 4.57 Å². The number of anilines is 5. The molecular weight excluding hydrogens is 573 g/mol. The van der Waals surface area contributed by atoms with Gasteiger partial charge in [0.2, 0.25) is 0 Å². The minimum Gasteiger partial charge on any atom is -0.359 e. The molecule has 7 aromatic carbocycles. The van der Waals surface area contributed by atoms with Crippen molar-refractivity contribution < 1.29 is 0 Å². The van der Waals surface area contributed by atoms with Crippen LogP contribution in [0.5, 0.6) is 0 Å². The zero-order chi connectivity index (χ0) is 30.9. The maximum atomic E-state index is 3.74. The second kappa shape index (κ2) is 10.1. The topological polar surface area (TPSA) is 23.4 Å². The lowest BCUT2D eigenvalue weighted by Crippen LogP contribution is -2.23. The lowest BCUT2D eigenvalue weighted by Gasteiger charge is -2.30. The number of aromatic nitrogens is 1. The van der Waals surface area contributed by atoms with Gasteiger partial charge in [-0.2, -0.15) is 0 Å². The summed E-state index contributed by atoms with van der Waals surface area (Å²) in [6.45, 7) is 0. The standard InChI is InChI=1S/C43H30N4/c1-3-12-29(13-4-1)43-44-36-18-8-10-20-38(36)47(43)33-24-22-31(23-25-33)45-27-26-35-41-30(14-11-21-39(41)45)28-40-42(35)34-17-7-9-19-37(34)46(40)32-15-5-2-6-16-32/h1-28,43-44H. The summed E-state index contributed by atoms with van der Waals surface area (Å²) < 4.78 is 2.40. The van der Waals surface area contributed by atoms with Gasteiger partial charge in [-0.1, -0.05) is 91.0 Å². The Morgan fingerprint density at radius 1 is 0.511 bits per heavy atom. The van der Waals surface area contributed by atoms with Crippen molar-refractivity contribution in [1.29, 1.82) is 0 Å². The number of hydrogen-bond acceptors (Lipinski definition) is 3. The Labute approximate surface area is 273 Å². The summed E-state index contributed by atoms with van der Waals surface area (Å²) in [5, 5.41) is 8.83. The molecular formula is C43H30N4. The molecule has 0 radical (unpaired) electrons. The van der Waals surface area contributed by atoms with Crippen LogP contribution in [0.2, 0.25) is 0 Å². The maximum absolute atomic E-state index is 3.74. The Bertz CT molecular complexity index is 2490. The van der Waals surface area contributed by atoms with E-state index in [1.54, 1.807) is 0 Å². The summed E-state index contributed by atoms with van der Waals surface area (Å²) >= 11 is 0. The van der Waals surface area contributed by atoms with E-state index in [0.29, 0.717) is 0 Å². The second-order valence-electron chi connectivity index (χ2n) is 12.3. The van der Waals surface area contributed by atoms with Crippen molar-refractivity contribution in [3.8, 4) is 5.69 Å². The van der Waals surface area contributed by atoms with Gasteiger partial charge in [0.25, 0.3) is 0 Å². The highest BCUT2D eigenvalue weighted by atomic mass is 15.3. The molecule has 0 saturated carbocycles. The summed E-state index contributed by atoms with van der Waals surface area (Å²) in [5.41, 5.74) is 11.9. The predicted molar refractivity (Wildman–Crippen MR) is 197 cm³/mol. The fraction of sp³-hybridized carbons (Fsp3) is 0.0233. The van der Waals surface area contributed by atoms with Crippen LogP contribution in [0.4, 0.5) is 28.4 Å². The van der Waals surface area contributed by atoms with E-state index in [1.807, 2.05) is 0 Å². The van der Waals surface area contributed by atoms with Crippen LogP contribution in [0.1, 0.15) is 17.3 Å². The van der Waals surface area contributed by atoms with Crippen LogP contribution >= 0.6 is 0 Å². The predicted octanol–water partition coefficient (Wildman–Crippen LogP) is 11.3. The number of rotatable bonds is 4. The Hall–Kier alpha value is -6.26. The van der Waals surface area contributed by atoms with E-state index in [-0.39, 0.29) is 6.17 Å². The first kappa shape index (κ1) is 26.0. The first-order valence-corrected chi connectivity index (χ1v) is 16.1. The summed E-state index contributed by atoms with van der Waals surface area (Å²) in [4.78, 5) is 4.72. The molecule has 8 aromatic rings. The monoisotopic (exact) mass is 602 g/mol. The molecule has 1 N–H and O–H groups in total. The number of fused-ring (bicyclic) bond motifs is 5.